The lowest BCUT2D eigenvalue weighted by Gasteiger charge is -1.96. The second kappa shape index (κ2) is 5.13. The lowest BCUT2D eigenvalue weighted by Crippen LogP contribution is -2.31. The maximum atomic E-state index is 4.72. The maximum absolute atomic E-state index is 4.72. The molecule has 0 aliphatic heterocycles. The highest BCUT2D eigenvalue weighted by Crippen LogP contribution is 2.29. The Morgan fingerprint density at radius 2 is 1.35 bits per heavy atom. The largest absolute Gasteiger partial charge is 0.287 e. The van der Waals surface area contributed by atoms with E-state index in [0.29, 0.717) is 5.82 Å². The van der Waals surface area contributed by atoms with Crippen molar-refractivity contribution < 1.29 is 4.57 Å². The average Bonchev–Trinajstić information content (AvgIpc) is 3.24. The number of thiophene rings is 2. The molecule has 0 saturated carbocycles. The van der Waals surface area contributed by atoms with Gasteiger partial charge in [-0.15, -0.1) is 16.3 Å². The fourth-order valence-corrected chi connectivity index (χ4v) is 4.73. The Bertz CT molecular complexity index is 1340. The van der Waals surface area contributed by atoms with Crippen LogP contribution >= 0.6 is 22.7 Å². The lowest BCUT2D eigenvalue weighted by molar-refractivity contribution is -0.601. The molecule has 0 amide bonds. The summed E-state index contributed by atoms with van der Waals surface area (Å²) in [5, 5.41) is 0. The number of hydrogen-bond acceptors (Lipinski definition) is 9. The molecule has 8 nitrogen and oxygen atoms in total. The van der Waals surface area contributed by atoms with Gasteiger partial charge >= 0.3 is 0 Å². The van der Waals surface area contributed by atoms with E-state index in [1.165, 1.54) is 11.3 Å². The summed E-state index contributed by atoms with van der Waals surface area (Å²) < 4.78 is 2.85. The topological polar surface area (TPSA) is 94.1 Å². The molecule has 0 aliphatic carbocycles. The zero-order valence-corrected chi connectivity index (χ0v) is 14.6. The molecule has 26 heavy (non-hydrogen) atoms. The summed E-state index contributed by atoms with van der Waals surface area (Å²) in [6.07, 6.45) is 12.1. The minimum absolute atomic E-state index is 0.692. The van der Waals surface area contributed by atoms with Gasteiger partial charge in [-0.3, -0.25) is 0 Å². The summed E-state index contributed by atoms with van der Waals surface area (Å²) >= 11 is 3.03. The van der Waals surface area contributed by atoms with Crippen molar-refractivity contribution in [2.45, 2.75) is 0 Å². The summed E-state index contributed by atoms with van der Waals surface area (Å²) in [5.41, 5.74) is 3.22. The molecule has 0 fully saturated rings. The normalized spacial score (nSPS) is 11.8. The van der Waals surface area contributed by atoms with Gasteiger partial charge in [-0.25, -0.2) is 29.5 Å². The number of fused-ring (bicyclic) bond motifs is 6. The first-order chi connectivity index (χ1) is 12.9. The van der Waals surface area contributed by atoms with Crippen LogP contribution in [0.3, 0.4) is 0 Å². The average molecular weight is 375 g/mol. The van der Waals surface area contributed by atoms with Gasteiger partial charge in [-0.1, -0.05) is 16.3 Å². The fraction of sp³-hybridized carbons (Fsp3) is 0. The predicted octanol–water partition coefficient (Wildman–Crippen LogP) is 2.46. The summed E-state index contributed by atoms with van der Waals surface area (Å²) in [6, 6.07) is 0. The third-order valence-electron chi connectivity index (χ3n) is 3.97. The molecular formula is C16H7N8S2+. The van der Waals surface area contributed by atoms with E-state index in [1.54, 1.807) is 48.6 Å². The molecule has 0 aromatic carbocycles. The van der Waals surface area contributed by atoms with Gasteiger partial charge in [0.15, 0.2) is 5.52 Å². The quantitative estimate of drug-likeness (QED) is 0.407. The first-order valence-corrected chi connectivity index (χ1v) is 9.27. The van der Waals surface area contributed by atoms with E-state index in [2.05, 4.69) is 29.9 Å². The van der Waals surface area contributed by atoms with Gasteiger partial charge < -0.3 is 0 Å². The lowest BCUT2D eigenvalue weighted by atomic mass is 10.4. The van der Waals surface area contributed by atoms with Gasteiger partial charge in [0.1, 0.15) is 37.1 Å². The highest BCUT2D eigenvalue weighted by molar-refractivity contribution is 7.25. The fourth-order valence-electron chi connectivity index (χ4n) is 2.82. The van der Waals surface area contributed by atoms with Crippen LogP contribution < -0.4 is 4.57 Å². The van der Waals surface area contributed by atoms with Crippen molar-refractivity contribution in [2.24, 2.45) is 0 Å². The van der Waals surface area contributed by atoms with E-state index in [4.69, 9.17) is 4.98 Å². The molecule has 6 heterocycles. The van der Waals surface area contributed by atoms with E-state index >= 15 is 0 Å². The standard InChI is InChI=1S/C16H7N8S2/c1-3-19-14-11(17-1)10-8(25-14)6-24(7-22-10)9-5-21-13-12-15(20-4-2-18-12)26-16(13)23-9/h1-7H/q+1. The van der Waals surface area contributed by atoms with Gasteiger partial charge in [0, 0.05) is 24.8 Å². The highest BCUT2D eigenvalue weighted by Gasteiger charge is 2.18. The second-order valence-corrected chi connectivity index (χ2v) is 7.51. The molecule has 0 bridgehead atoms. The molecule has 0 aliphatic rings. The third-order valence-corrected chi connectivity index (χ3v) is 5.95. The van der Waals surface area contributed by atoms with Crippen LogP contribution in [-0.4, -0.2) is 34.9 Å². The molecule has 0 saturated heterocycles. The molecule has 0 radical (unpaired) electrons. The van der Waals surface area contributed by atoms with Crippen LogP contribution in [0, 0.1) is 0 Å². The van der Waals surface area contributed by atoms with Crippen LogP contribution in [0.4, 0.5) is 0 Å². The van der Waals surface area contributed by atoms with Crippen LogP contribution in [0.2, 0.25) is 0 Å². The van der Waals surface area contributed by atoms with Gasteiger partial charge in [-0.2, -0.15) is 0 Å². The number of aromatic nitrogens is 8. The Morgan fingerprint density at radius 1 is 0.654 bits per heavy atom. The Morgan fingerprint density at radius 3 is 2.19 bits per heavy atom. The van der Waals surface area contributed by atoms with E-state index in [1.807, 2.05) is 10.8 Å². The highest BCUT2D eigenvalue weighted by atomic mass is 32.1. The molecule has 6 aromatic rings. The van der Waals surface area contributed by atoms with Crippen LogP contribution in [-0.2, 0) is 0 Å². The maximum Gasteiger partial charge on any atom is 0.287 e. The van der Waals surface area contributed by atoms with Gasteiger partial charge in [0.25, 0.3) is 5.82 Å². The summed E-state index contributed by atoms with van der Waals surface area (Å²) in [5.74, 6) is 0.692. The Hall–Kier alpha value is -3.24. The van der Waals surface area contributed by atoms with Crippen LogP contribution in [0.15, 0.2) is 43.5 Å². The van der Waals surface area contributed by atoms with Gasteiger partial charge in [0.05, 0.1) is 6.20 Å². The van der Waals surface area contributed by atoms with Crippen molar-refractivity contribution in [1.82, 2.24) is 34.9 Å². The van der Waals surface area contributed by atoms with Crippen LogP contribution in [0.1, 0.15) is 0 Å². The third kappa shape index (κ3) is 1.93. The molecule has 122 valence electrons. The summed E-state index contributed by atoms with van der Waals surface area (Å²) in [6.45, 7) is 0. The van der Waals surface area contributed by atoms with Crippen LogP contribution in [0.25, 0.3) is 47.1 Å². The van der Waals surface area contributed by atoms with Crippen molar-refractivity contribution in [3.8, 4) is 5.82 Å². The number of rotatable bonds is 1. The minimum atomic E-state index is 0.692. The predicted molar refractivity (Wildman–Crippen MR) is 98.3 cm³/mol. The Labute approximate surface area is 152 Å². The smallest absolute Gasteiger partial charge is 0.250 e. The molecule has 0 atom stereocenters. The Balaban J connectivity index is 1.57. The molecular weight excluding hydrogens is 368 g/mol. The van der Waals surface area contributed by atoms with Crippen molar-refractivity contribution in [3.05, 3.63) is 43.5 Å². The van der Waals surface area contributed by atoms with Crippen molar-refractivity contribution in [3.63, 3.8) is 0 Å². The minimum Gasteiger partial charge on any atom is -0.250 e. The zero-order chi connectivity index (χ0) is 17.1. The molecule has 6 rings (SSSR count). The van der Waals surface area contributed by atoms with Crippen molar-refractivity contribution >= 4 is 63.9 Å². The number of hydrogen-bond donors (Lipinski definition) is 0. The van der Waals surface area contributed by atoms with Crippen molar-refractivity contribution in [1.29, 1.82) is 0 Å². The summed E-state index contributed by atoms with van der Waals surface area (Å²) in [7, 11) is 0. The first-order valence-electron chi connectivity index (χ1n) is 7.64. The van der Waals surface area contributed by atoms with Gasteiger partial charge in [0.2, 0.25) is 11.2 Å². The zero-order valence-electron chi connectivity index (χ0n) is 12.9. The number of nitrogens with zero attached hydrogens (tertiary/aromatic N) is 8. The monoisotopic (exact) mass is 375 g/mol. The SMILES string of the molecule is c1cnc2c(n1)sc1c[n+](-c3cnc4c(n3)sc3nccnc34)cnc12. The molecule has 10 heteroatoms. The molecule has 0 unspecified atom stereocenters. The van der Waals surface area contributed by atoms with Crippen LogP contribution in [0.5, 0.6) is 0 Å². The summed E-state index contributed by atoms with van der Waals surface area (Å²) in [4.78, 5) is 33.7. The van der Waals surface area contributed by atoms with E-state index < -0.39 is 0 Å². The molecule has 0 spiro atoms. The molecule has 0 N–H and O–H groups in total. The molecule has 6 aromatic heterocycles. The van der Waals surface area contributed by atoms with E-state index in [-0.39, 0.29) is 0 Å². The first kappa shape index (κ1) is 14.0. The second-order valence-electron chi connectivity index (χ2n) is 5.50. The van der Waals surface area contributed by atoms with E-state index in [0.717, 1.165) is 41.3 Å². The van der Waals surface area contributed by atoms with Gasteiger partial charge in [-0.05, 0) is 0 Å². The Kier molecular flexibility index (Phi) is 2.76. The van der Waals surface area contributed by atoms with Crippen molar-refractivity contribution in [2.75, 3.05) is 0 Å². The van der Waals surface area contributed by atoms with E-state index in [9.17, 15) is 0 Å².